The Morgan fingerprint density at radius 1 is 1.31 bits per heavy atom. The SMILES string of the molecule is Cc1cc2c(Cl)nc(-c3cscn3)nc2s1. The van der Waals surface area contributed by atoms with E-state index in [1.807, 2.05) is 18.4 Å². The molecule has 0 radical (unpaired) electrons. The van der Waals surface area contributed by atoms with Gasteiger partial charge in [0.2, 0.25) is 0 Å². The summed E-state index contributed by atoms with van der Waals surface area (Å²) < 4.78 is 0. The summed E-state index contributed by atoms with van der Waals surface area (Å²) in [7, 11) is 0. The molecule has 0 aromatic carbocycles. The van der Waals surface area contributed by atoms with Crippen LogP contribution in [-0.4, -0.2) is 15.0 Å². The highest BCUT2D eigenvalue weighted by Crippen LogP contribution is 2.30. The second-order valence-electron chi connectivity index (χ2n) is 3.29. The fourth-order valence-electron chi connectivity index (χ4n) is 1.44. The zero-order valence-electron chi connectivity index (χ0n) is 8.27. The lowest BCUT2D eigenvalue weighted by atomic mass is 10.3. The Balaban J connectivity index is 2.28. The molecule has 0 amide bonds. The molecule has 0 saturated heterocycles. The van der Waals surface area contributed by atoms with Crippen molar-refractivity contribution in [3.8, 4) is 11.5 Å². The van der Waals surface area contributed by atoms with Gasteiger partial charge >= 0.3 is 0 Å². The summed E-state index contributed by atoms with van der Waals surface area (Å²) in [6, 6.07) is 2.01. The smallest absolute Gasteiger partial charge is 0.181 e. The Hall–Kier alpha value is -1.04. The van der Waals surface area contributed by atoms with Crippen LogP contribution < -0.4 is 0 Å². The molecule has 3 rings (SSSR count). The van der Waals surface area contributed by atoms with Gasteiger partial charge in [-0.3, -0.25) is 0 Å². The molecule has 0 fully saturated rings. The monoisotopic (exact) mass is 267 g/mol. The van der Waals surface area contributed by atoms with Crippen LogP contribution in [0.1, 0.15) is 4.88 Å². The first-order valence-electron chi connectivity index (χ1n) is 4.56. The predicted octanol–water partition coefficient (Wildman–Crippen LogP) is 3.78. The van der Waals surface area contributed by atoms with E-state index in [1.54, 1.807) is 16.8 Å². The van der Waals surface area contributed by atoms with Gasteiger partial charge in [-0.15, -0.1) is 22.7 Å². The predicted molar refractivity (Wildman–Crippen MR) is 68.3 cm³/mol. The van der Waals surface area contributed by atoms with Crippen LogP contribution in [-0.2, 0) is 0 Å². The summed E-state index contributed by atoms with van der Waals surface area (Å²) in [5.74, 6) is 0.598. The Kier molecular flexibility index (Phi) is 2.38. The van der Waals surface area contributed by atoms with Gasteiger partial charge in [-0.25, -0.2) is 15.0 Å². The van der Waals surface area contributed by atoms with Gasteiger partial charge in [-0.05, 0) is 13.0 Å². The van der Waals surface area contributed by atoms with Crippen molar-refractivity contribution in [1.82, 2.24) is 15.0 Å². The van der Waals surface area contributed by atoms with E-state index in [1.165, 1.54) is 16.2 Å². The van der Waals surface area contributed by atoms with Crippen molar-refractivity contribution in [2.45, 2.75) is 6.92 Å². The van der Waals surface area contributed by atoms with E-state index in [0.717, 1.165) is 15.9 Å². The number of aromatic nitrogens is 3. The molecule has 0 spiro atoms. The topological polar surface area (TPSA) is 38.7 Å². The number of hydrogen-bond acceptors (Lipinski definition) is 5. The zero-order chi connectivity index (χ0) is 11.1. The molecule has 0 aliphatic heterocycles. The Bertz CT molecular complexity index is 645. The minimum absolute atomic E-state index is 0.498. The standard InChI is InChI=1S/C10H6ClN3S2/c1-5-2-6-8(11)13-9(14-10(6)16-5)7-3-15-4-12-7/h2-4H,1H3. The van der Waals surface area contributed by atoms with Crippen LogP contribution >= 0.6 is 34.3 Å². The first kappa shape index (κ1) is 10.1. The van der Waals surface area contributed by atoms with Crippen LogP contribution in [0.4, 0.5) is 0 Å². The third-order valence-electron chi connectivity index (χ3n) is 2.13. The van der Waals surface area contributed by atoms with Crippen LogP contribution in [0.5, 0.6) is 0 Å². The molecular formula is C10H6ClN3S2. The number of rotatable bonds is 1. The van der Waals surface area contributed by atoms with Gasteiger partial charge in [0, 0.05) is 15.6 Å². The summed E-state index contributed by atoms with van der Waals surface area (Å²) >= 11 is 9.26. The molecule has 0 unspecified atom stereocenters. The molecule has 6 heteroatoms. The van der Waals surface area contributed by atoms with Gasteiger partial charge in [0.1, 0.15) is 15.7 Å². The van der Waals surface area contributed by atoms with Crippen LogP contribution in [0.15, 0.2) is 17.0 Å². The maximum Gasteiger partial charge on any atom is 0.181 e. The van der Waals surface area contributed by atoms with Crippen molar-refractivity contribution in [3.63, 3.8) is 0 Å². The van der Waals surface area contributed by atoms with Crippen molar-refractivity contribution in [1.29, 1.82) is 0 Å². The second-order valence-corrected chi connectivity index (χ2v) is 5.60. The van der Waals surface area contributed by atoms with Crippen molar-refractivity contribution in [3.05, 3.63) is 27.0 Å². The molecule has 3 aromatic heterocycles. The minimum atomic E-state index is 0.498. The van der Waals surface area contributed by atoms with E-state index in [4.69, 9.17) is 11.6 Å². The molecule has 0 bridgehead atoms. The van der Waals surface area contributed by atoms with Crippen LogP contribution in [0, 0.1) is 6.92 Å². The zero-order valence-corrected chi connectivity index (χ0v) is 10.7. The number of hydrogen-bond donors (Lipinski definition) is 0. The lowest BCUT2D eigenvalue weighted by Gasteiger charge is -1.97. The lowest BCUT2D eigenvalue weighted by molar-refractivity contribution is 1.20. The van der Waals surface area contributed by atoms with Gasteiger partial charge in [0.25, 0.3) is 0 Å². The van der Waals surface area contributed by atoms with E-state index in [-0.39, 0.29) is 0 Å². The van der Waals surface area contributed by atoms with Crippen molar-refractivity contribution in [2.24, 2.45) is 0 Å². The lowest BCUT2D eigenvalue weighted by Crippen LogP contribution is -1.89. The summed E-state index contributed by atoms with van der Waals surface area (Å²) in [6.07, 6.45) is 0. The van der Waals surface area contributed by atoms with Crippen LogP contribution in [0.3, 0.4) is 0 Å². The van der Waals surface area contributed by atoms with Crippen molar-refractivity contribution >= 4 is 44.5 Å². The average Bonchev–Trinajstić information content (AvgIpc) is 2.84. The summed E-state index contributed by atoms with van der Waals surface area (Å²) in [4.78, 5) is 15.0. The minimum Gasteiger partial charge on any atom is -0.241 e. The quantitative estimate of drug-likeness (QED) is 0.630. The normalized spacial score (nSPS) is 11.1. The molecule has 3 nitrogen and oxygen atoms in total. The molecule has 0 aliphatic carbocycles. The number of halogens is 1. The third-order valence-corrected chi connectivity index (χ3v) is 3.95. The van der Waals surface area contributed by atoms with E-state index in [2.05, 4.69) is 15.0 Å². The number of aryl methyl sites for hydroxylation is 1. The number of nitrogens with zero attached hydrogens (tertiary/aromatic N) is 3. The van der Waals surface area contributed by atoms with Crippen molar-refractivity contribution < 1.29 is 0 Å². The molecule has 0 atom stereocenters. The molecule has 0 aliphatic rings. The van der Waals surface area contributed by atoms with Gasteiger partial charge in [0.15, 0.2) is 5.82 Å². The highest BCUT2D eigenvalue weighted by Gasteiger charge is 2.11. The van der Waals surface area contributed by atoms with Gasteiger partial charge in [-0.2, -0.15) is 0 Å². The number of thiophene rings is 1. The highest BCUT2D eigenvalue weighted by atomic mass is 35.5. The third kappa shape index (κ3) is 1.61. The van der Waals surface area contributed by atoms with Crippen LogP contribution in [0.2, 0.25) is 5.15 Å². The van der Waals surface area contributed by atoms with Gasteiger partial charge in [0.05, 0.1) is 5.51 Å². The average molecular weight is 268 g/mol. The highest BCUT2D eigenvalue weighted by molar-refractivity contribution is 7.18. The Morgan fingerprint density at radius 2 is 2.19 bits per heavy atom. The first-order valence-corrected chi connectivity index (χ1v) is 6.70. The molecular weight excluding hydrogens is 262 g/mol. The van der Waals surface area contributed by atoms with Gasteiger partial charge in [-0.1, -0.05) is 11.6 Å². The maximum atomic E-state index is 6.12. The number of fused-ring (bicyclic) bond motifs is 1. The molecule has 3 aromatic rings. The van der Waals surface area contributed by atoms with E-state index in [9.17, 15) is 0 Å². The second kappa shape index (κ2) is 3.76. The van der Waals surface area contributed by atoms with Crippen molar-refractivity contribution in [2.75, 3.05) is 0 Å². The maximum absolute atomic E-state index is 6.12. The largest absolute Gasteiger partial charge is 0.241 e. The van der Waals surface area contributed by atoms with Gasteiger partial charge < -0.3 is 0 Å². The molecule has 0 N–H and O–H groups in total. The molecule has 16 heavy (non-hydrogen) atoms. The van der Waals surface area contributed by atoms with E-state index < -0.39 is 0 Å². The Labute approximate surface area is 105 Å². The summed E-state index contributed by atoms with van der Waals surface area (Å²) in [6.45, 7) is 2.03. The summed E-state index contributed by atoms with van der Waals surface area (Å²) in [5, 5.41) is 3.33. The first-order chi connectivity index (χ1) is 7.74. The van der Waals surface area contributed by atoms with Crippen LogP contribution in [0.25, 0.3) is 21.7 Å². The Morgan fingerprint density at radius 3 is 2.94 bits per heavy atom. The number of thiazole rings is 1. The fourth-order valence-corrected chi connectivity index (χ4v) is 3.13. The van der Waals surface area contributed by atoms with E-state index in [0.29, 0.717) is 11.0 Å². The van der Waals surface area contributed by atoms with E-state index >= 15 is 0 Å². The summed E-state index contributed by atoms with van der Waals surface area (Å²) in [5.41, 5.74) is 2.54. The fraction of sp³-hybridized carbons (Fsp3) is 0.100. The molecule has 0 saturated carbocycles. The molecule has 3 heterocycles. The molecule has 80 valence electrons.